The van der Waals surface area contributed by atoms with E-state index in [1.807, 2.05) is 0 Å². The normalized spacial score (nSPS) is 22.9. The van der Waals surface area contributed by atoms with Crippen LogP contribution in [0.15, 0.2) is 17.1 Å². The Bertz CT molecular complexity index is 463. The lowest BCUT2D eigenvalue weighted by Gasteiger charge is -2.29. The van der Waals surface area contributed by atoms with Gasteiger partial charge in [0, 0.05) is 12.2 Å². The van der Waals surface area contributed by atoms with Gasteiger partial charge in [0.1, 0.15) is 5.82 Å². The summed E-state index contributed by atoms with van der Waals surface area (Å²) >= 11 is 0. The van der Waals surface area contributed by atoms with Crippen molar-refractivity contribution in [2.24, 2.45) is 5.92 Å². The number of nitrogens with one attached hydrogen (secondary N) is 1. The molecule has 0 amide bonds. The van der Waals surface area contributed by atoms with Crippen molar-refractivity contribution < 1.29 is 0 Å². The van der Waals surface area contributed by atoms with Crippen LogP contribution in [0.3, 0.4) is 0 Å². The minimum Gasteiger partial charge on any atom is -0.383 e. The highest BCUT2D eigenvalue weighted by atomic mass is 16.1. The molecule has 5 nitrogen and oxygen atoms in total. The molecule has 5 heteroatoms. The molecule has 1 saturated carbocycles. The monoisotopic (exact) mass is 278 g/mol. The lowest BCUT2D eigenvalue weighted by atomic mass is 9.86. The van der Waals surface area contributed by atoms with Crippen LogP contribution in [0.1, 0.15) is 51.5 Å². The van der Waals surface area contributed by atoms with Crippen LogP contribution in [0.25, 0.3) is 0 Å². The Kier molecular flexibility index (Phi) is 5.59. The van der Waals surface area contributed by atoms with E-state index in [9.17, 15) is 4.79 Å². The standard InChI is InChI=1S/C15H26N4O/c1-2-3-9-17-11-12-4-6-13(7-5-12)19-10-8-14(16)18-15(19)20/h8,10,12-13,17H,2-7,9,11H2,1H3,(H2,16,18,20). The zero-order chi connectivity index (χ0) is 14.4. The van der Waals surface area contributed by atoms with Gasteiger partial charge in [-0.25, -0.2) is 4.79 Å². The summed E-state index contributed by atoms with van der Waals surface area (Å²) in [6.45, 7) is 4.45. The molecule has 1 aromatic heterocycles. The molecule has 0 atom stereocenters. The van der Waals surface area contributed by atoms with Crippen molar-refractivity contribution in [1.82, 2.24) is 14.9 Å². The van der Waals surface area contributed by atoms with Crippen LogP contribution < -0.4 is 16.7 Å². The second-order valence-corrected chi connectivity index (χ2v) is 5.77. The van der Waals surface area contributed by atoms with Crippen LogP contribution >= 0.6 is 0 Å². The maximum absolute atomic E-state index is 11.8. The van der Waals surface area contributed by atoms with Gasteiger partial charge in [0.2, 0.25) is 0 Å². The van der Waals surface area contributed by atoms with Gasteiger partial charge in [-0.15, -0.1) is 0 Å². The van der Waals surface area contributed by atoms with E-state index in [2.05, 4.69) is 17.2 Å². The summed E-state index contributed by atoms with van der Waals surface area (Å²) in [4.78, 5) is 15.6. The first-order valence-electron chi connectivity index (χ1n) is 7.76. The zero-order valence-electron chi connectivity index (χ0n) is 12.3. The number of unbranched alkanes of at least 4 members (excludes halogenated alkanes) is 1. The van der Waals surface area contributed by atoms with Gasteiger partial charge in [-0.3, -0.25) is 4.57 Å². The van der Waals surface area contributed by atoms with Crippen molar-refractivity contribution in [3.05, 3.63) is 22.7 Å². The fourth-order valence-corrected chi connectivity index (χ4v) is 2.94. The molecular formula is C15H26N4O. The average molecular weight is 278 g/mol. The molecule has 0 bridgehead atoms. The zero-order valence-corrected chi connectivity index (χ0v) is 12.3. The van der Waals surface area contributed by atoms with Gasteiger partial charge in [0.25, 0.3) is 0 Å². The van der Waals surface area contributed by atoms with Gasteiger partial charge in [0.05, 0.1) is 0 Å². The molecule has 1 heterocycles. The van der Waals surface area contributed by atoms with Gasteiger partial charge < -0.3 is 11.1 Å². The SMILES string of the molecule is CCCCNCC1CCC(n2ccc(N)nc2=O)CC1. The minimum absolute atomic E-state index is 0.213. The summed E-state index contributed by atoms with van der Waals surface area (Å²) < 4.78 is 1.75. The third-order valence-corrected chi connectivity index (χ3v) is 4.20. The molecule has 112 valence electrons. The molecule has 0 unspecified atom stereocenters. The van der Waals surface area contributed by atoms with E-state index in [1.165, 1.54) is 25.7 Å². The molecular weight excluding hydrogens is 252 g/mol. The topological polar surface area (TPSA) is 72.9 Å². The van der Waals surface area contributed by atoms with Gasteiger partial charge in [-0.1, -0.05) is 13.3 Å². The van der Waals surface area contributed by atoms with Crippen LogP contribution in [0, 0.1) is 5.92 Å². The van der Waals surface area contributed by atoms with Crippen molar-refractivity contribution in [3.63, 3.8) is 0 Å². The lowest BCUT2D eigenvalue weighted by molar-refractivity contribution is 0.262. The second-order valence-electron chi connectivity index (χ2n) is 5.77. The maximum atomic E-state index is 11.8. The number of nitrogens with two attached hydrogens (primary N) is 1. The summed E-state index contributed by atoms with van der Waals surface area (Å²) in [5.41, 5.74) is 5.31. The van der Waals surface area contributed by atoms with E-state index in [4.69, 9.17) is 5.73 Å². The van der Waals surface area contributed by atoms with Crippen molar-refractivity contribution >= 4 is 5.82 Å². The molecule has 1 aromatic rings. The van der Waals surface area contributed by atoms with Crippen LogP contribution in [0.5, 0.6) is 0 Å². The van der Waals surface area contributed by atoms with Crippen LogP contribution in [-0.4, -0.2) is 22.6 Å². The van der Waals surface area contributed by atoms with Gasteiger partial charge in [-0.2, -0.15) is 4.98 Å². The summed E-state index contributed by atoms with van der Waals surface area (Å²) in [7, 11) is 0. The molecule has 0 aliphatic heterocycles. The Balaban J connectivity index is 1.80. The third kappa shape index (κ3) is 4.07. The highest BCUT2D eigenvalue weighted by molar-refractivity contribution is 5.23. The molecule has 1 fully saturated rings. The number of aromatic nitrogens is 2. The van der Waals surface area contributed by atoms with E-state index in [0.29, 0.717) is 11.9 Å². The van der Waals surface area contributed by atoms with E-state index in [1.54, 1.807) is 16.8 Å². The van der Waals surface area contributed by atoms with Crippen molar-refractivity contribution in [2.45, 2.75) is 51.5 Å². The highest BCUT2D eigenvalue weighted by Crippen LogP contribution is 2.30. The van der Waals surface area contributed by atoms with Crippen molar-refractivity contribution in [3.8, 4) is 0 Å². The first kappa shape index (κ1) is 15.0. The summed E-state index contributed by atoms with van der Waals surface area (Å²) in [6.07, 6.45) is 8.77. The van der Waals surface area contributed by atoms with Gasteiger partial charge >= 0.3 is 5.69 Å². The molecule has 1 aliphatic carbocycles. The summed E-state index contributed by atoms with van der Waals surface area (Å²) in [5, 5.41) is 3.53. The minimum atomic E-state index is -0.213. The van der Waals surface area contributed by atoms with Crippen molar-refractivity contribution in [2.75, 3.05) is 18.8 Å². The Morgan fingerprint density at radius 2 is 2.15 bits per heavy atom. The molecule has 0 radical (unpaired) electrons. The predicted octanol–water partition coefficient (Wildman–Crippen LogP) is 1.95. The van der Waals surface area contributed by atoms with E-state index >= 15 is 0 Å². The molecule has 0 spiro atoms. The summed E-state index contributed by atoms with van der Waals surface area (Å²) in [6, 6.07) is 2.00. The Labute approximate surface area is 120 Å². The number of nitrogen functional groups attached to an aromatic ring is 1. The number of anilines is 1. The largest absolute Gasteiger partial charge is 0.383 e. The number of hydrogen-bond donors (Lipinski definition) is 2. The Morgan fingerprint density at radius 3 is 2.80 bits per heavy atom. The third-order valence-electron chi connectivity index (χ3n) is 4.20. The molecule has 2 rings (SSSR count). The number of nitrogens with zero attached hydrogens (tertiary/aromatic N) is 2. The number of rotatable bonds is 6. The molecule has 0 saturated heterocycles. The van der Waals surface area contributed by atoms with E-state index < -0.39 is 0 Å². The van der Waals surface area contributed by atoms with Crippen molar-refractivity contribution in [1.29, 1.82) is 0 Å². The number of hydrogen-bond acceptors (Lipinski definition) is 4. The molecule has 3 N–H and O–H groups in total. The fourth-order valence-electron chi connectivity index (χ4n) is 2.94. The predicted molar refractivity (Wildman–Crippen MR) is 81.7 cm³/mol. The molecule has 1 aliphatic rings. The van der Waals surface area contributed by atoms with Gasteiger partial charge in [-0.05, 0) is 57.2 Å². The quantitative estimate of drug-likeness (QED) is 0.780. The molecule has 20 heavy (non-hydrogen) atoms. The second kappa shape index (κ2) is 7.43. The Hall–Kier alpha value is -1.36. The van der Waals surface area contributed by atoms with Gasteiger partial charge in [0.15, 0.2) is 0 Å². The summed E-state index contributed by atoms with van der Waals surface area (Å²) in [5.74, 6) is 1.06. The first-order chi connectivity index (χ1) is 9.70. The molecule has 0 aromatic carbocycles. The van der Waals surface area contributed by atoms with E-state index in [0.717, 1.165) is 31.8 Å². The van der Waals surface area contributed by atoms with E-state index in [-0.39, 0.29) is 5.69 Å². The van der Waals surface area contributed by atoms with Crippen LogP contribution in [0.2, 0.25) is 0 Å². The smallest absolute Gasteiger partial charge is 0.349 e. The Morgan fingerprint density at radius 1 is 1.40 bits per heavy atom. The first-order valence-corrected chi connectivity index (χ1v) is 7.76. The van der Waals surface area contributed by atoms with Crippen LogP contribution in [-0.2, 0) is 0 Å². The van der Waals surface area contributed by atoms with Crippen LogP contribution in [0.4, 0.5) is 5.82 Å². The lowest BCUT2D eigenvalue weighted by Crippen LogP contribution is -2.32. The maximum Gasteiger partial charge on any atom is 0.349 e. The fraction of sp³-hybridized carbons (Fsp3) is 0.733. The average Bonchev–Trinajstić information content (AvgIpc) is 2.45. The highest BCUT2D eigenvalue weighted by Gasteiger charge is 2.22.